The molecule has 14 nitrogen and oxygen atoms in total. The van der Waals surface area contributed by atoms with Gasteiger partial charge in [-0.15, -0.1) is 0 Å². The van der Waals surface area contributed by atoms with Crippen molar-refractivity contribution in [1.82, 2.24) is 24.3 Å². The summed E-state index contributed by atoms with van der Waals surface area (Å²) >= 11 is 0. The third-order valence-corrected chi connectivity index (χ3v) is 9.27. The van der Waals surface area contributed by atoms with Gasteiger partial charge in [0.15, 0.2) is 5.82 Å². The molecule has 1 aromatic carbocycles. The highest BCUT2D eigenvalue weighted by Crippen LogP contribution is 2.27. The van der Waals surface area contributed by atoms with Gasteiger partial charge < -0.3 is 46.6 Å². The number of nitrogens with zero attached hydrogens (tertiary/aromatic N) is 5. The number of benzene rings is 1. The number of methoxy groups -OCH3 is 1. The highest BCUT2D eigenvalue weighted by atomic mass is 16.5. The number of nitrogens with one attached hydrogen (secondary N) is 1. The third kappa shape index (κ3) is 11.8. The number of carbonyl (C=O) groups is 2. The van der Waals surface area contributed by atoms with Gasteiger partial charge in [-0.3, -0.25) is 14.5 Å². The summed E-state index contributed by atoms with van der Waals surface area (Å²) in [6.07, 6.45) is 9.27. The van der Waals surface area contributed by atoms with Crippen molar-refractivity contribution in [2.75, 3.05) is 64.1 Å². The van der Waals surface area contributed by atoms with Crippen molar-refractivity contribution in [2.24, 2.45) is 11.5 Å². The highest BCUT2D eigenvalue weighted by Gasteiger charge is 2.22. The lowest BCUT2D eigenvalue weighted by Gasteiger charge is -2.35. The number of ether oxygens (including phenoxy) is 2. The number of rotatable bonds is 22. The van der Waals surface area contributed by atoms with Crippen LogP contribution < -0.4 is 27.3 Å². The molecule has 2 aromatic heterocycles. The maximum absolute atomic E-state index is 12.8. The number of piperazine rings is 1. The molecule has 0 aliphatic carbocycles. The molecule has 4 rings (SSSR count). The van der Waals surface area contributed by atoms with Crippen LogP contribution in [0.15, 0.2) is 30.5 Å². The van der Waals surface area contributed by atoms with E-state index in [1.807, 2.05) is 17.2 Å². The molecule has 14 heteroatoms. The molecule has 2 atom stereocenters. The zero-order valence-corrected chi connectivity index (χ0v) is 29.8. The Labute approximate surface area is 295 Å². The highest BCUT2D eigenvalue weighted by molar-refractivity contribution is 5.87. The van der Waals surface area contributed by atoms with E-state index in [0.29, 0.717) is 52.1 Å². The average Bonchev–Trinajstić information content (AvgIpc) is 3.51. The average molecular weight is 696 g/mol. The van der Waals surface area contributed by atoms with Gasteiger partial charge in [0.05, 0.1) is 32.2 Å². The molecule has 1 amide bonds. The zero-order chi connectivity index (χ0) is 35.9. The first-order valence-electron chi connectivity index (χ1n) is 18.0. The van der Waals surface area contributed by atoms with E-state index >= 15 is 0 Å². The van der Waals surface area contributed by atoms with E-state index < -0.39 is 12.0 Å². The maximum atomic E-state index is 12.8. The second kappa shape index (κ2) is 20.0. The largest absolute Gasteiger partial charge is 0.496 e. The fourth-order valence-electron chi connectivity index (χ4n) is 6.27. The smallest absolute Gasteiger partial charge is 0.320 e. The Hall–Kier alpha value is -3.98. The van der Waals surface area contributed by atoms with Crippen molar-refractivity contribution in [3.8, 4) is 5.75 Å². The molecular weight excluding hydrogens is 638 g/mol. The summed E-state index contributed by atoms with van der Waals surface area (Å²) in [6, 6.07) is 7.52. The normalized spacial score (nSPS) is 14.9. The van der Waals surface area contributed by atoms with Crippen LogP contribution in [0.4, 0.5) is 11.8 Å². The molecule has 3 aromatic rings. The van der Waals surface area contributed by atoms with Crippen LogP contribution >= 0.6 is 0 Å². The Kier molecular flexibility index (Phi) is 15.5. The molecule has 8 N–H and O–H groups in total. The molecule has 0 radical (unpaired) electrons. The van der Waals surface area contributed by atoms with E-state index in [1.165, 1.54) is 0 Å². The number of nitrogens with two attached hydrogens (primary N) is 3. The van der Waals surface area contributed by atoms with Crippen molar-refractivity contribution < 1.29 is 24.2 Å². The van der Waals surface area contributed by atoms with Gasteiger partial charge in [-0.05, 0) is 43.4 Å². The first kappa shape index (κ1) is 38.8. The van der Waals surface area contributed by atoms with Crippen LogP contribution in [0.25, 0.3) is 11.0 Å². The number of amides is 1. The summed E-state index contributed by atoms with van der Waals surface area (Å²) in [4.78, 5) is 36.8. The minimum Gasteiger partial charge on any atom is -0.496 e. The molecule has 1 saturated heterocycles. The maximum Gasteiger partial charge on any atom is 0.320 e. The minimum absolute atomic E-state index is 0.0122. The summed E-state index contributed by atoms with van der Waals surface area (Å²) in [5.74, 6) is 0.978. The van der Waals surface area contributed by atoms with Gasteiger partial charge in [-0.25, -0.2) is 4.98 Å². The first-order valence-corrected chi connectivity index (χ1v) is 18.0. The van der Waals surface area contributed by atoms with Gasteiger partial charge in [-0.1, -0.05) is 44.7 Å². The minimum atomic E-state index is -0.969. The van der Waals surface area contributed by atoms with E-state index in [2.05, 4.69) is 49.9 Å². The molecule has 1 unspecified atom stereocenters. The van der Waals surface area contributed by atoms with Gasteiger partial charge >= 0.3 is 5.97 Å². The molecular formula is C36H57N9O5. The monoisotopic (exact) mass is 695 g/mol. The molecule has 3 heterocycles. The molecule has 0 bridgehead atoms. The van der Waals surface area contributed by atoms with Gasteiger partial charge in [-0.2, -0.15) is 4.98 Å². The number of aromatic nitrogens is 3. The predicted octanol–water partition coefficient (Wildman–Crippen LogP) is 3.41. The third-order valence-electron chi connectivity index (χ3n) is 9.27. The molecule has 50 heavy (non-hydrogen) atoms. The van der Waals surface area contributed by atoms with Crippen molar-refractivity contribution in [3.63, 3.8) is 0 Å². The Bertz CT molecular complexity index is 1510. The lowest BCUT2D eigenvalue weighted by Crippen LogP contribution is -2.48. The van der Waals surface area contributed by atoms with Crippen LogP contribution in [0.2, 0.25) is 0 Å². The second-order valence-corrected chi connectivity index (χ2v) is 13.2. The Balaban J connectivity index is 1.19. The van der Waals surface area contributed by atoms with Crippen LogP contribution in [-0.2, 0) is 27.4 Å². The number of anilines is 2. The summed E-state index contributed by atoms with van der Waals surface area (Å²) < 4.78 is 13.7. The molecule has 1 aliphatic heterocycles. The molecule has 1 aliphatic rings. The molecule has 0 spiro atoms. The fourth-order valence-corrected chi connectivity index (χ4v) is 6.27. The van der Waals surface area contributed by atoms with Crippen molar-refractivity contribution in [2.45, 2.75) is 89.9 Å². The number of carbonyl (C=O) groups excluding carboxylic acids is 1. The standard InChI is InChI=1S/C36H57N9O5/c1-3-4-7-15-40-34-33-30(41-36(39)42-34)12-16-45(33)25-27-11-10-26(23-31(27)49-2)24-43-17-19-44(20-18-43)32(46)14-22-50-21-13-28(37)8-5-6-9-29(38)35(47)48/h10-12,16,23,28-29H,3-9,13-15,17-22,24-25,37-38H2,1-2H3,(H,47,48)(H3,39,40,41,42)/t28?,29-/m0/s1. The topological polar surface area (TPSA) is 200 Å². The van der Waals surface area contributed by atoms with E-state index in [0.717, 1.165) is 98.4 Å². The van der Waals surface area contributed by atoms with Crippen LogP contribution in [0.5, 0.6) is 5.75 Å². The van der Waals surface area contributed by atoms with Crippen LogP contribution in [0.3, 0.4) is 0 Å². The van der Waals surface area contributed by atoms with E-state index in [1.54, 1.807) is 7.11 Å². The summed E-state index contributed by atoms with van der Waals surface area (Å²) in [5.41, 5.74) is 21.6. The van der Waals surface area contributed by atoms with Crippen molar-refractivity contribution in [1.29, 1.82) is 0 Å². The summed E-state index contributed by atoms with van der Waals surface area (Å²) in [6.45, 7) is 8.25. The number of hydrogen-bond acceptors (Lipinski definition) is 11. The number of carboxylic acids is 1. The Morgan fingerprint density at radius 3 is 2.50 bits per heavy atom. The lowest BCUT2D eigenvalue weighted by molar-refractivity contribution is -0.138. The van der Waals surface area contributed by atoms with E-state index in [9.17, 15) is 9.59 Å². The van der Waals surface area contributed by atoms with Crippen molar-refractivity contribution in [3.05, 3.63) is 41.6 Å². The number of unbranched alkanes of at least 4 members (excludes halogenated alkanes) is 3. The van der Waals surface area contributed by atoms with Crippen molar-refractivity contribution >= 4 is 34.7 Å². The Morgan fingerprint density at radius 2 is 1.76 bits per heavy atom. The number of carboxylic acid groups (broad SMARTS) is 1. The summed E-state index contributed by atoms with van der Waals surface area (Å²) in [5, 5.41) is 12.3. The first-order chi connectivity index (χ1) is 24.2. The summed E-state index contributed by atoms with van der Waals surface area (Å²) in [7, 11) is 1.70. The van der Waals surface area contributed by atoms with Crippen LogP contribution in [-0.4, -0.2) is 106 Å². The number of hydrogen-bond donors (Lipinski definition) is 5. The SMILES string of the molecule is CCCCCNc1nc(N)nc2ccn(Cc3ccc(CN4CCN(C(=O)CCOCCC(N)CCCC[C@H](N)C(=O)O)CC4)cc3OC)c12. The quantitative estimate of drug-likeness (QED) is 0.0961. The van der Waals surface area contributed by atoms with Gasteiger partial charge in [0, 0.05) is 63.7 Å². The number of aliphatic carboxylic acids is 1. The zero-order valence-electron chi connectivity index (χ0n) is 29.8. The number of nitrogen functional groups attached to an aromatic ring is 1. The predicted molar refractivity (Wildman–Crippen MR) is 196 cm³/mol. The molecule has 276 valence electrons. The van der Waals surface area contributed by atoms with Crippen LogP contribution in [0, 0.1) is 0 Å². The molecule has 0 saturated carbocycles. The van der Waals surface area contributed by atoms with E-state index in [4.69, 9.17) is 31.8 Å². The molecule has 1 fully saturated rings. The Morgan fingerprint density at radius 1 is 0.980 bits per heavy atom. The van der Waals surface area contributed by atoms with Gasteiger partial charge in [0.1, 0.15) is 17.3 Å². The second-order valence-electron chi connectivity index (χ2n) is 13.2. The van der Waals surface area contributed by atoms with Gasteiger partial charge in [0.2, 0.25) is 11.9 Å². The fraction of sp³-hybridized carbons (Fsp3) is 0.611. The van der Waals surface area contributed by atoms with E-state index in [-0.39, 0.29) is 17.9 Å². The number of fused-ring (bicyclic) bond motifs is 1. The van der Waals surface area contributed by atoms with Gasteiger partial charge in [0.25, 0.3) is 0 Å². The lowest BCUT2D eigenvalue weighted by atomic mass is 10.0. The van der Waals surface area contributed by atoms with Crippen LogP contribution in [0.1, 0.15) is 75.8 Å².